The Labute approximate surface area is 89.7 Å². The predicted molar refractivity (Wildman–Crippen MR) is 55.2 cm³/mol. The molecule has 0 fully saturated rings. The van der Waals surface area contributed by atoms with E-state index in [4.69, 9.17) is 16.4 Å². The number of hydrogen-bond donors (Lipinski definition) is 1. The zero-order valence-electron chi connectivity index (χ0n) is 9.00. The first-order valence-corrected chi connectivity index (χ1v) is 4.44. The van der Waals surface area contributed by atoms with E-state index >= 15 is 0 Å². The second kappa shape index (κ2) is 22.8. The van der Waals surface area contributed by atoms with Gasteiger partial charge in [-0.25, -0.2) is 0 Å². The van der Waals surface area contributed by atoms with Crippen LogP contribution in [0.15, 0.2) is 0 Å². The third-order valence-corrected chi connectivity index (χ3v) is 0.710. The van der Waals surface area contributed by atoms with Crippen molar-refractivity contribution in [2.24, 2.45) is 0 Å². The van der Waals surface area contributed by atoms with Gasteiger partial charge in [0, 0.05) is 6.42 Å². The summed E-state index contributed by atoms with van der Waals surface area (Å²) in [6.07, 6.45) is 0.396. The van der Waals surface area contributed by atoms with Crippen molar-refractivity contribution in [1.82, 2.24) is 5.32 Å². The van der Waals surface area contributed by atoms with Crippen LogP contribution < -0.4 is 5.32 Å². The van der Waals surface area contributed by atoms with E-state index < -0.39 is 0 Å². The van der Waals surface area contributed by atoms with Crippen molar-refractivity contribution in [3.05, 3.63) is 0 Å². The minimum Gasteiger partial charge on any atom is -0.471 e. The van der Waals surface area contributed by atoms with Gasteiger partial charge in [-0.15, -0.1) is 0 Å². The molecular weight excluding hydrogens is 210 g/mol. The van der Waals surface area contributed by atoms with E-state index in [1.54, 1.807) is 6.92 Å². The maximum absolute atomic E-state index is 10.1. The Kier molecular flexibility index (Phi) is 30.7. The highest BCUT2D eigenvalue weighted by atomic mass is 35.5. The zero-order valence-corrected chi connectivity index (χ0v) is 9.76. The minimum atomic E-state index is -0.255. The van der Waals surface area contributed by atoms with Gasteiger partial charge in [0.25, 0.3) is 6.47 Å². The van der Waals surface area contributed by atoms with Crippen LogP contribution in [0.5, 0.6) is 0 Å². The number of rotatable bonds is 3. The van der Waals surface area contributed by atoms with Crippen LogP contribution in [0.4, 0.5) is 0 Å². The first-order chi connectivity index (χ1) is 6.64. The molecule has 0 radical (unpaired) electrons. The molecule has 0 atom stereocenters. The quantitative estimate of drug-likeness (QED) is 0.438. The molecule has 0 amide bonds. The number of carbonyl (C=O) groups excluding carboxylic acids is 2. The van der Waals surface area contributed by atoms with Crippen LogP contribution in [0, 0.1) is 0 Å². The summed E-state index contributed by atoms with van der Waals surface area (Å²) in [7, 11) is 5.06. The zero-order chi connectivity index (χ0) is 11.8. The molecule has 14 heavy (non-hydrogen) atoms. The summed E-state index contributed by atoms with van der Waals surface area (Å²) in [6, 6.07) is -0.0350. The Morgan fingerprint density at radius 2 is 1.86 bits per heavy atom. The maximum Gasteiger partial charge on any atom is 0.306 e. The Balaban J connectivity index is -0.000000147. The SMILES string of the molecule is CCC(=O)OCCl.CNC.COC=O. The highest BCUT2D eigenvalue weighted by Crippen LogP contribution is 1.84. The third kappa shape index (κ3) is 43.1. The van der Waals surface area contributed by atoms with Gasteiger partial charge in [-0.05, 0) is 14.1 Å². The highest BCUT2D eigenvalue weighted by molar-refractivity contribution is 6.17. The Bertz CT molecular complexity index is 122. The summed E-state index contributed by atoms with van der Waals surface area (Å²) in [4.78, 5) is 19.1. The topological polar surface area (TPSA) is 64.6 Å². The summed E-state index contributed by atoms with van der Waals surface area (Å²) < 4.78 is 8.18. The van der Waals surface area contributed by atoms with Gasteiger partial charge in [0.2, 0.25) is 0 Å². The second-order valence-electron chi connectivity index (χ2n) is 1.81. The van der Waals surface area contributed by atoms with Crippen molar-refractivity contribution in [2.75, 3.05) is 27.3 Å². The van der Waals surface area contributed by atoms with Crippen LogP contribution in [0.1, 0.15) is 13.3 Å². The van der Waals surface area contributed by atoms with E-state index in [0.717, 1.165) is 0 Å². The molecule has 86 valence electrons. The molecule has 0 unspecified atom stereocenters. The van der Waals surface area contributed by atoms with Crippen molar-refractivity contribution < 1.29 is 19.1 Å². The Morgan fingerprint density at radius 3 is 1.93 bits per heavy atom. The van der Waals surface area contributed by atoms with Gasteiger partial charge in [-0.1, -0.05) is 18.5 Å². The van der Waals surface area contributed by atoms with E-state index in [1.807, 2.05) is 14.1 Å². The average molecular weight is 228 g/mol. The average Bonchev–Trinajstić information content (AvgIpc) is 2.20. The number of methoxy groups -OCH3 is 1. The van der Waals surface area contributed by atoms with Crippen molar-refractivity contribution in [1.29, 1.82) is 0 Å². The van der Waals surface area contributed by atoms with Crippen molar-refractivity contribution >= 4 is 24.0 Å². The fraction of sp³-hybridized carbons (Fsp3) is 0.750. The van der Waals surface area contributed by atoms with E-state index in [1.165, 1.54) is 7.11 Å². The molecule has 0 spiro atoms. The number of halogens is 1. The summed E-state index contributed by atoms with van der Waals surface area (Å²) >= 11 is 5.03. The van der Waals surface area contributed by atoms with Gasteiger partial charge in [-0.3, -0.25) is 9.59 Å². The molecule has 0 aromatic heterocycles. The molecule has 0 rings (SSSR count). The lowest BCUT2D eigenvalue weighted by atomic mass is 10.5. The van der Waals surface area contributed by atoms with Crippen molar-refractivity contribution in [3.8, 4) is 0 Å². The van der Waals surface area contributed by atoms with E-state index in [-0.39, 0.29) is 12.0 Å². The fourth-order valence-corrected chi connectivity index (χ4v) is 0.285. The third-order valence-electron chi connectivity index (χ3n) is 0.600. The summed E-state index contributed by atoms with van der Waals surface area (Å²) in [5, 5.41) is 2.75. The van der Waals surface area contributed by atoms with Crippen LogP contribution in [0.25, 0.3) is 0 Å². The molecular formula is C8H18ClNO4. The normalized spacial score (nSPS) is 6.93. The van der Waals surface area contributed by atoms with Crippen LogP contribution in [0.2, 0.25) is 0 Å². The molecule has 0 aliphatic carbocycles. The fourth-order valence-electron chi connectivity index (χ4n) is 0.163. The lowest BCUT2D eigenvalue weighted by Gasteiger charge is -1.92. The van der Waals surface area contributed by atoms with Gasteiger partial charge in [0.1, 0.15) is 0 Å². The molecule has 0 saturated carbocycles. The molecule has 0 bridgehead atoms. The van der Waals surface area contributed by atoms with Gasteiger partial charge in [0.05, 0.1) is 7.11 Å². The number of carbonyl (C=O) groups is 2. The monoisotopic (exact) mass is 227 g/mol. The summed E-state index contributed by atoms with van der Waals surface area (Å²) in [5.74, 6) is -0.255. The standard InChI is InChI=1S/C4H7ClO2.C2H7N.C2H4O2/c1-2-4(6)7-3-5;1-3-2;1-4-2-3/h2-3H2,1H3;3H,1-2H3;2H,1H3. The molecule has 0 heterocycles. The van der Waals surface area contributed by atoms with Gasteiger partial charge >= 0.3 is 5.97 Å². The number of esters is 1. The molecule has 0 aromatic rings. The van der Waals surface area contributed by atoms with Crippen molar-refractivity contribution in [3.63, 3.8) is 0 Å². The number of alkyl halides is 1. The first-order valence-electron chi connectivity index (χ1n) is 3.90. The smallest absolute Gasteiger partial charge is 0.306 e. The molecule has 1 N–H and O–H groups in total. The molecule has 5 nitrogen and oxygen atoms in total. The van der Waals surface area contributed by atoms with Crippen LogP contribution in [0.3, 0.4) is 0 Å². The van der Waals surface area contributed by atoms with Crippen molar-refractivity contribution in [2.45, 2.75) is 13.3 Å². The van der Waals surface area contributed by atoms with Crippen LogP contribution in [-0.4, -0.2) is 39.7 Å². The predicted octanol–water partition coefficient (Wildman–Crippen LogP) is 0.761. The van der Waals surface area contributed by atoms with E-state index in [0.29, 0.717) is 12.9 Å². The van der Waals surface area contributed by atoms with Crippen LogP contribution >= 0.6 is 11.6 Å². The number of ether oxygens (including phenoxy) is 2. The van der Waals surface area contributed by atoms with Gasteiger partial charge in [0.15, 0.2) is 6.07 Å². The highest BCUT2D eigenvalue weighted by Gasteiger charge is 1.92. The van der Waals surface area contributed by atoms with Gasteiger partial charge in [-0.2, -0.15) is 0 Å². The molecule has 0 aromatic carbocycles. The van der Waals surface area contributed by atoms with Gasteiger partial charge < -0.3 is 14.8 Å². The largest absolute Gasteiger partial charge is 0.471 e. The minimum absolute atomic E-state index is 0.0350. The molecule has 0 saturated heterocycles. The molecule has 6 heteroatoms. The lowest BCUT2D eigenvalue weighted by molar-refractivity contribution is -0.141. The van der Waals surface area contributed by atoms with E-state index in [2.05, 4.69) is 14.8 Å². The molecule has 0 aliphatic rings. The number of hydrogen-bond acceptors (Lipinski definition) is 5. The Hall–Kier alpha value is -0.810. The second-order valence-corrected chi connectivity index (χ2v) is 2.03. The first kappa shape index (κ1) is 18.9. The van der Waals surface area contributed by atoms with Crippen LogP contribution in [-0.2, 0) is 19.1 Å². The van der Waals surface area contributed by atoms with E-state index in [9.17, 15) is 4.79 Å². The lowest BCUT2D eigenvalue weighted by Crippen LogP contribution is -1.98. The number of nitrogens with one attached hydrogen (secondary N) is 1. The summed E-state index contributed by atoms with van der Waals surface area (Å²) in [5.41, 5.74) is 0. The maximum atomic E-state index is 10.1. The molecule has 0 aliphatic heterocycles. The summed E-state index contributed by atoms with van der Waals surface area (Å²) in [6.45, 7) is 2.09. The Morgan fingerprint density at radius 1 is 1.50 bits per heavy atom.